The predicted octanol–water partition coefficient (Wildman–Crippen LogP) is 0.251. The third-order valence-electron chi connectivity index (χ3n) is 2.88. The summed E-state index contributed by atoms with van der Waals surface area (Å²) in [6, 6.07) is 6.23. The van der Waals surface area contributed by atoms with Crippen molar-refractivity contribution < 1.29 is 18.4 Å². The van der Waals surface area contributed by atoms with Crippen LogP contribution >= 0.6 is 7.94 Å². The SMILES string of the molecule is CO[P+]([O-])(OC)c1c(C)n([O-])c2ccccc2[n+]1=O. The molecular formula is C11H13N2O5P. The fourth-order valence-corrected chi connectivity index (χ4v) is 3.21. The van der Waals surface area contributed by atoms with E-state index in [4.69, 9.17) is 9.05 Å². The Morgan fingerprint density at radius 3 is 2.42 bits per heavy atom. The van der Waals surface area contributed by atoms with Gasteiger partial charge in [-0.25, -0.2) is 9.05 Å². The molecule has 0 saturated carbocycles. The zero-order chi connectivity index (χ0) is 14.2. The molecule has 0 N–H and O–H groups in total. The summed E-state index contributed by atoms with van der Waals surface area (Å²) in [5, 5.41) is 12.1. The lowest BCUT2D eigenvalue weighted by molar-refractivity contribution is -0.448. The zero-order valence-electron chi connectivity index (χ0n) is 10.7. The number of hydrogen-bond acceptors (Lipinski definition) is 5. The van der Waals surface area contributed by atoms with E-state index in [9.17, 15) is 15.0 Å². The molecule has 1 aromatic carbocycles. The van der Waals surface area contributed by atoms with Crippen molar-refractivity contribution in [3.05, 3.63) is 40.1 Å². The standard InChI is InChI=1S/C11H13N2O5P/c1-8-11(19(16,17-2)18-3)13(15)10-7-5-4-6-9(10)12(8)14/h4-7H,1-3H3. The first-order chi connectivity index (χ1) is 8.96. The van der Waals surface area contributed by atoms with E-state index in [1.165, 1.54) is 19.1 Å². The van der Waals surface area contributed by atoms with Crippen molar-refractivity contribution in [2.24, 2.45) is 0 Å². The topological polar surface area (TPSA) is 92.5 Å². The third-order valence-corrected chi connectivity index (χ3v) is 4.87. The van der Waals surface area contributed by atoms with E-state index >= 15 is 0 Å². The van der Waals surface area contributed by atoms with Crippen LogP contribution in [0.3, 0.4) is 0 Å². The number of hydrogen-bond donors (Lipinski definition) is 0. The summed E-state index contributed by atoms with van der Waals surface area (Å²) in [7, 11) is -1.49. The average Bonchev–Trinajstić information content (AvgIpc) is 2.44. The highest BCUT2D eigenvalue weighted by Crippen LogP contribution is 2.48. The molecule has 0 bridgehead atoms. The van der Waals surface area contributed by atoms with Crippen LogP contribution in [0.5, 0.6) is 0 Å². The van der Waals surface area contributed by atoms with E-state index in [0.29, 0.717) is 9.16 Å². The van der Waals surface area contributed by atoms with Crippen molar-refractivity contribution in [1.82, 2.24) is 4.73 Å². The Kier molecular flexibility index (Phi) is 3.56. The Morgan fingerprint density at radius 1 is 1.26 bits per heavy atom. The molecule has 0 radical (unpaired) electrons. The number of rotatable bonds is 3. The third kappa shape index (κ3) is 2.01. The smallest absolute Gasteiger partial charge is 0.443 e. The summed E-state index contributed by atoms with van der Waals surface area (Å²) >= 11 is 0. The second kappa shape index (κ2) is 4.86. The molecule has 1 heterocycles. The molecule has 0 aliphatic rings. The van der Waals surface area contributed by atoms with Gasteiger partial charge in [0.15, 0.2) is 0 Å². The van der Waals surface area contributed by atoms with Crippen LogP contribution in [0.25, 0.3) is 11.0 Å². The van der Waals surface area contributed by atoms with Gasteiger partial charge in [-0.2, -0.15) is 0 Å². The van der Waals surface area contributed by atoms with Crippen LogP contribution in [-0.4, -0.2) is 19.0 Å². The highest BCUT2D eigenvalue weighted by atomic mass is 31.2. The van der Waals surface area contributed by atoms with Gasteiger partial charge in [0.25, 0.3) is 5.52 Å². The van der Waals surface area contributed by atoms with Gasteiger partial charge in [0.2, 0.25) is 0 Å². The molecule has 0 spiro atoms. The fraction of sp³-hybridized carbons (Fsp3) is 0.273. The van der Waals surface area contributed by atoms with Crippen molar-refractivity contribution in [1.29, 1.82) is 0 Å². The van der Waals surface area contributed by atoms with Gasteiger partial charge in [0.05, 0.1) is 14.2 Å². The van der Waals surface area contributed by atoms with Crippen LogP contribution in [0.4, 0.5) is 0 Å². The van der Waals surface area contributed by atoms with Gasteiger partial charge in [-0.15, -0.1) is 0 Å². The number of benzene rings is 1. The van der Waals surface area contributed by atoms with Gasteiger partial charge in [0, 0.05) is 11.0 Å². The molecule has 2 rings (SSSR count). The van der Waals surface area contributed by atoms with Gasteiger partial charge >= 0.3 is 13.4 Å². The quantitative estimate of drug-likeness (QED) is 0.595. The van der Waals surface area contributed by atoms with Crippen LogP contribution in [0.2, 0.25) is 0 Å². The normalized spacial score (nSPS) is 12.0. The van der Waals surface area contributed by atoms with Crippen LogP contribution in [-0.2, 0) is 9.05 Å². The fourth-order valence-electron chi connectivity index (χ4n) is 1.90. The largest absolute Gasteiger partial charge is 0.805 e. The molecule has 0 aliphatic heterocycles. The van der Waals surface area contributed by atoms with Crippen molar-refractivity contribution >= 4 is 24.4 Å². The molecule has 102 valence electrons. The minimum atomic E-state index is -3.81. The highest BCUT2D eigenvalue weighted by Gasteiger charge is 2.45. The van der Waals surface area contributed by atoms with Crippen molar-refractivity contribution in [3.63, 3.8) is 0 Å². The Hall–Kier alpha value is -1.53. The Bertz CT molecular complexity index is 681. The monoisotopic (exact) mass is 284 g/mol. The first kappa shape index (κ1) is 13.9. The number of nitrogens with zero attached hydrogens (tertiary/aromatic N) is 2. The number of para-hydroxylation sites is 2. The van der Waals surface area contributed by atoms with Crippen molar-refractivity contribution in [2.75, 3.05) is 14.2 Å². The van der Waals surface area contributed by atoms with Crippen LogP contribution in [0, 0.1) is 17.0 Å². The van der Waals surface area contributed by atoms with E-state index in [1.54, 1.807) is 12.1 Å². The van der Waals surface area contributed by atoms with Crippen LogP contribution < -0.4 is 14.8 Å². The molecule has 0 aliphatic carbocycles. The second-order valence-corrected chi connectivity index (χ2v) is 6.00. The molecule has 19 heavy (non-hydrogen) atoms. The summed E-state index contributed by atoms with van der Waals surface area (Å²) in [6.45, 7) is 1.40. The molecule has 0 atom stereocenters. The van der Waals surface area contributed by atoms with E-state index < -0.39 is 7.94 Å². The first-order valence-corrected chi connectivity index (χ1v) is 6.97. The molecule has 0 unspecified atom stereocenters. The predicted molar refractivity (Wildman–Crippen MR) is 69.4 cm³/mol. The molecule has 8 heteroatoms. The van der Waals surface area contributed by atoms with Gasteiger partial charge in [-0.1, -0.05) is 12.1 Å². The maximum absolute atomic E-state index is 12.4. The summed E-state index contributed by atoms with van der Waals surface area (Å²) in [5.74, 6) is 0. The van der Waals surface area contributed by atoms with E-state index in [1.807, 2.05) is 0 Å². The van der Waals surface area contributed by atoms with Crippen LogP contribution in [0.15, 0.2) is 24.3 Å². The summed E-state index contributed by atoms with van der Waals surface area (Å²) < 4.78 is 10.6. The van der Waals surface area contributed by atoms with E-state index in [2.05, 4.69) is 0 Å². The minimum absolute atomic E-state index is 0.0132. The molecule has 2 aromatic rings. The average molecular weight is 284 g/mol. The maximum Gasteiger partial charge on any atom is 0.443 e. The summed E-state index contributed by atoms with van der Waals surface area (Å²) in [6.07, 6.45) is 0. The number of fused-ring (bicyclic) bond motifs is 1. The first-order valence-electron chi connectivity index (χ1n) is 5.42. The lowest BCUT2D eigenvalue weighted by atomic mass is 10.3. The van der Waals surface area contributed by atoms with Gasteiger partial charge in [0.1, 0.15) is 15.6 Å². The minimum Gasteiger partial charge on any atom is -0.805 e. The zero-order valence-corrected chi connectivity index (χ0v) is 11.6. The van der Waals surface area contributed by atoms with Crippen molar-refractivity contribution in [3.8, 4) is 0 Å². The summed E-state index contributed by atoms with van der Waals surface area (Å²) in [5.41, 5.74) is -0.0168. The second-order valence-electron chi connectivity index (χ2n) is 3.85. The Morgan fingerprint density at radius 2 is 1.84 bits per heavy atom. The van der Waals surface area contributed by atoms with Gasteiger partial charge in [-0.3, -0.25) is 0 Å². The lowest BCUT2D eigenvalue weighted by Crippen LogP contribution is -2.46. The van der Waals surface area contributed by atoms with Gasteiger partial charge < -0.3 is 14.8 Å². The van der Waals surface area contributed by atoms with E-state index in [-0.39, 0.29) is 22.2 Å². The Balaban J connectivity index is 2.94. The maximum atomic E-state index is 12.4. The Labute approximate surface area is 109 Å². The molecule has 0 amide bonds. The molecule has 7 nitrogen and oxygen atoms in total. The van der Waals surface area contributed by atoms with Crippen LogP contribution in [0.1, 0.15) is 5.69 Å². The van der Waals surface area contributed by atoms with E-state index in [0.717, 1.165) is 14.2 Å². The highest BCUT2D eigenvalue weighted by molar-refractivity contribution is 7.66. The molecule has 1 aromatic heterocycles. The van der Waals surface area contributed by atoms with Gasteiger partial charge in [-0.05, 0) is 13.0 Å². The lowest BCUT2D eigenvalue weighted by Gasteiger charge is -2.22. The molecule has 0 saturated heterocycles. The molecule has 0 fully saturated rings. The van der Waals surface area contributed by atoms with Crippen molar-refractivity contribution in [2.45, 2.75) is 6.92 Å². The summed E-state index contributed by atoms with van der Waals surface area (Å²) in [4.78, 5) is 24.7. The number of aromatic nitrogens is 2. The molecular weight excluding hydrogens is 271 g/mol.